The molecule has 0 spiro atoms. The number of carbonyl (C=O) groups excluding carboxylic acids is 2. The smallest absolute Gasteiger partial charge is 0.268 e. The predicted molar refractivity (Wildman–Crippen MR) is 179 cm³/mol. The van der Waals surface area contributed by atoms with Crippen LogP contribution in [-0.4, -0.2) is 44.0 Å². The lowest BCUT2D eigenvalue weighted by Gasteiger charge is -2.18. The molecule has 0 radical (unpaired) electrons. The van der Waals surface area contributed by atoms with Crippen molar-refractivity contribution in [1.82, 2.24) is 29.7 Å². The average Bonchev–Trinajstić information content (AvgIpc) is 3.52. The average molecular weight is 647 g/mol. The van der Waals surface area contributed by atoms with E-state index in [0.717, 1.165) is 56.2 Å². The number of nitrogens with zero attached hydrogens (tertiary/aromatic N) is 5. The minimum absolute atomic E-state index is 0.0394. The summed E-state index contributed by atoms with van der Waals surface area (Å²) in [6.07, 6.45) is 3.13. The van der Waals surface area contributed by atoms with Gasteiger partial charge in [-0.1, -0.05) is 11.6 Å². The number of amides is 2. The molecule has 234 valence electrons. The SMILES string of the molecule is Cc1c2n(c3c(-c4ccc(N)nc4)cc(Cl)cc13)CCNC2=O.Cc1c2n(c3c(-c4ccnc(F)c4)cc(C#N)cc13)CCNC2=O. The molecule has 2 amide bonds. The summed E-state index contributed by atoms with van der Waals surface area (Å²) in [5.41, 5.74) is 14.4. The molecule has 2 aromatic carbocycles. The number of nitrogens with one attached hydrogen (secondary N) is 2. The third-order valence-corrected chi connectivity index (χ3v) is 8.94. The Hall–Kier alpha value is -5.73. The molecule has 6 heterocycles. The van der Waals surface area contributed by atoms with Crippen molar-refractivity contribution in [3.8, 4) is 28.3 Å². The van der Waals surface area contributed by atoms with Crippen molar-refractivity contribution in [2.24, 2.45) is 0 Å². The van der Waals surface area contributed by atoms with Gasteiger partial charge in [0.1, 0.15) is 17.2 Å². The molecule has 0 aliphatic carbocycles. The second-order valence-electron chi connectivity index (χ2n) is 11.5. The standard InChI is InChI=1S/C18H13FN4O.C17H15ClN4O/c1-10-13-6-11(9-20)7-14(12-2-3-21-15(19)8-12)17(13)23-5-4-22-18(24)16(10)23;1-9-12-6-11(18)7-13(10-2-3-14(19)21-8-10)16(12)22-5-4-20-17(23)15(9)22/h2-3,6-8H,4-5H2,1H3,(H,22,24);2-3,6-8H,4-5H2,1H3,(H2,19,21)(H,20,23). The number of nitriles is 1. The first-order chi connectivity index (χ1) is 22.7. The fourth-order valence-corrected chi connectivity index (χ4v) is 6.89. The zero-order valence-corrected chi connectivity index (χ0v) is 26.2. The number of rotatable bonds is 2. The molecule has 4 N–H and O–H groups in total. The Labute approximate surface area is 273 Å². The first kappa shape index (κ1) is 30.0. The van der Waals surface area contributed by atoms with Gasteiger partial charge in [-0.15, -0.1) is 0 Å². The second-order valence-corrected chi connectivity index (χ2v) is 11.9. The van der Waals surface area contributed by atoms with Gasteiger partial charge in [-0.2, -0.15) is 9.65 Å². The van der Waals surface area contributed by atoms with Crippen molar-refractivity contribution in [3.63, 3.8) is 0 Å². The Balaban J connectivity index is 0.000000150. The summed E-state index contributed by atoms with van der Waals surface area (Å²) in [4.78, 5) is 32.3. The molecule has 2 aliphatic heterocycles. The van der Waals surface area contributed by atoms with E-state index in [1.54, 1.807) is 30.5 Å². The van der Waals surface area contributed by atoms with E-state index in [9.17, 15) is 19.2 Å². The van der Waals surface area contributed by atoms with Crippen LogP contribution in [0.4, 0.5) is 10.2 Å². The molecule has 2 aliphatic rings. The van der Waals surface area contributed by atoms with E-state index < -0.39 is 5.95 Å². The number of hydrogen-bond acceptors (Lipinski definition) is 6. The van der Waals surface area contributed by atoms with Crippen LogP contribution in [0, 0.1) is 31.1 Å². The van der Waals surface area contributed by atoms with Crippen molar-refractivity contribution >= 4 is 51.0 Å². The van der Waals surface area contributed by atoms with Gasteiger partial charge in [0.15, 0.2) is 0 Å². The van der Waals surface area contributed by atoms with Gasteiger partial charge in [-0.25, -0.2) is 9.97 Å². The molecular weight excluding hydrogens is 619 g/mol. The molecule has 0 saturated carbocycles. The van der Waals surface area contributed by atoms with Crippen molar-refractivity contribution in [2.45, 2.75) is 26.9 Å². The minimum Gasteiger partial charge on any atom is -0.384 e. The number of benzene rings is 2. The molecule has 4 aromatic heterocycles. The number of anilines is 1. The van der Waals surface area contributed by atoms with Crippen LogP contribution < -0.4 is 16.4 Å². The van der Waals surface area contributed by atoms with Crippen LogP contribution in [0.5, 0.6) is 0 Å². The van der Waals surface area contributed by atoms with E-state index in [0.29, 0.717) is 53.0 Å². The number of hydrogen-bond donors (Lipinski definition) is 3. The van der Waals surface area contributed by atoms with Crippen molar-refractivity contribution < 1.29 is 14.0 Å². The first-order valence-electron chi connectivity index (χ1n) is 15.0. The highest BCUT2D eigenvalue weighted by atomic mass is 35.5. The summed E-state index contributed by atoms with van der Waals surface area (Å²) < 4.78 is 17.6. The van der Waals surface area contributed by atoms with Crippen LogP contribution in [0.25, 0.3) is 44.1 Å². The molecule has 8 rings (SSSR count). The maximum atomic E-state index is 13.6. The minimum atomic E-state index is -0.581. The summed E-state index contributed by atoms with van der Waals surface area (Å²) in [5.74, 6) is -0.273. The first-order valence-corrected chi connectivity index (χ1v) is 15.3. The molecule has 0 atom stereocenters. The summed E-state index contributed by atoms with van der Waals surface area (Å²) in [6.45, 7) is 6.37. The van der Waals surface area contributed by atoms with E-state index in [1.165, 1.54) is 12.3 Å². The molecule has 47 heavy (non-hydrogen) atoms. The summed E-state index contributed by atoms with van der Waals surface area (Å²) in [5, 5.41) is 17.6. The number of aryl methyl sites for hydroxylation is 2. The molecule has 0 saturated heterocycles. The molecule has 10 nitrogen and oxygen atoms in total. The van der Waals surface area contributed by atoms with Gasteiger partial charge in [-0.3, -0.25) is 9.59 Å². The monoisotopic (exact) mass is 646 g/mol. The lowest BCUT2D eigenvalue weighted by molar-refractivity contribution is 0.0920. The zero-order valence-electron chi connectivity index (χ0n) is 25.5. The van der Waals surface area contributed by atoms with Crippen LogP contribution in [0.3, 0.4) is 0 Å². The number of nitrogens with two attached hydrogens (primary N) is 1. The van der Waals surface area contributed by atoms with Crippen LogP contribution in [0.1, 0.15) is 37.7 Å². The van der Waals surface area contributed by atoms with Crippen LogP contribution in [-0.2, 0) is 13.1 Å². The summed E-state index contributed by atoms with van der Waals surface area (Å²) >= 11 is 6.32. The van der Waals surface area contributed by atoms with Crippen LogP contribution in [0.2, 0.25) is 5.02 Å². The van der Waals surface area contributed by atoms with Crippen LogP contribution in [0.15, 0.2) is 60.9 Å². The van der Waals surface area contributed by atoms with Crippen molar-refractivity contribution in [1.29, 1.82) is 5.26 Å². The molecule has 0 fully saturated rings. The molecule has 12 heteroatoms. The Morgan fingerprint density at radius 2 is 1.47 bits per heavy atom. The van der Waals surface area contributed by atoms with Gasteiger partial charge in [0.2, 0.25) is 5.95 Å². The molecule has 6 aromatic rings. The number of carbonyl (C=O) groups is 2. The molecule has 0 bridgehead atoms. The third-order valence-electron chi connectivity index (χ3n) is 8.72. The zero-order chi connectivity index (χ0) is 33.0. The van der Waals surface area contributed by atoms with Gasteiger partial charge in [0, 0.05) is 77.1 Å². The number of pyridine rings is 2. The van der Waals surface area contributed by atoms with Gasteiger partial charge in [0.25, 0.3) is 11.8 Å². The highest BCUT2D eigenvalue weighted by molar-refractivity contribution is 6.32. The fourth-order valence-electron chi connectivity index (χ4n) is 6.67. The van der Waals surface area contributed by atoms with E-state index in [4.69, 9.17) is 17.3 Å². The van der Waals surface area contributed by atoms with E-state index in [-0.39, 0.29) is 11.8 Å². The number of halogens is 2. The topological polar surface area (TPSA) is 144 Å². The van der Waals surface area contributed by atoms with Crippen molar-refractivity contribution in [2.75, 3.05) is 18.8 Å². The molecular formula is C35H28ClFN8O2. The normalized spacial score (nSPS) is 13.7. The Morgan fingerprint density at radius 3 is 2.04 bits per heavy atom. The summed E-state index contributed by atoms with van der Waals surface area (Å²) in [6, 6.07) is 16.2. The maximum Gasteiger partial charge on any atom is 0.268 e. The second kappa shape index (κ2) is 11.6. The van der Waals surface area contributed by atoms with Gasteiger partial charge < -0.3 is 25.5 Å². The summed E-state index contributed by atoms with van der Waals surface area (Å²) in [7, 11) is 0. The Bertz CT molecular complexity index is 2320. The van der Waals surface area contributed by atoms with E-state index in [2.05, 4.69) is 31.2 Å². The Morgan fingerprint density at radius 1 is 0.851 bits per heavy atom. The van der Waals surface area contributed by atoms with Gasteiger partial charge in [-0.05, 0) is 73.0 Å². The van der Waals surface area contributed by atoms with Gasteiger partial charge >= 0.3 is 0 Å². The highest BCUT2D eigenvalue weighted by Gasteiger charge is 2.27. The lowest BCUT2D eigenvalue weighted by Crippen LogP contribution is -2.35. The van der Waals surface area contributed by atoms with E-state index >= 15 is 0 Å². The quantitative estimate of drug-likeness (QED) is 0.204. The van der Waals surface area contributed by atoms with Crippen molar-refractivity contribution in [3.05, 3.63) is 100.0 Å². The van der Waals surface area contributed by atoms with Crippen LogP contribution >= 0.6 is 11.6 Å². The third kappa shape index (κ3) is 5.03. The lowest BCUT2D eigenvalue weighted by atomic mass is 9.99. The highest BCUT2D eigenvalue weighted by Crippen LogP contribution is 2.38. The van der Waals surface area contributed by atoms with Gasteiger partial charge in [0.05, 0.1) is 22.7 Å². The van der Waals surface area contributed by atoms with E-state index in [1.807, 2.05) is 36.6 Å². The predicted octanol–water partition coefficient (Wildman–Crippen LogP) is 5.76. The molecule has 0 unspecified atom stereocenters. The fraction of sp³-hybridized carbons (Fsp3) is 0.171. The maximum absolute atomic E-state index is 13.6. The number of aromatic nitrogens is 4. The Kier molecular flexibility index (Phi) is 7.37. The number of nitrogen functional groups attached to an aromatic ring is 1. The largest absolute Gasteiger partial charge is 0.384 e. The number of fused-ring (bicyclic) bond motifs is 6.